The van der Waals surface area contributed by atoms with Crippen LogP contribution in [0.4, 0.5) is 0 Å². The molecule has 0 radical (unpaired) electrons. The van der Waals surface area contributed by atoms with Crippen LogP contribution in [0.25, 0.3) is 0 Å². The van der Waals surface area contributed by atoms with Crippen LogP contribution in [-0.2, 0) is 16.4 Å². The van der Waals surface area contributed by atoms with Crippen LogP contribution in [0.1, 0.15) is 5.56 Å². The maximum Gasteiger partial charge on any atom is 0.244 e. The predicted molar refractivity (Wildman–Crippen MR) is 84.9 cm³/mol. The van der Waals surface area contributed by atoms with Crippen molar-refractivity contribution in [3.63, 3.8) is 0 Å². The summed E-state index contributed by atoms with van der Waals surface area (Å²) in [7, 11) is -0.528. The van der Waals surface area contributed by atoms with E-state index in [4.69, 9.17) is 9.47 Å². The van der Waals surface area contributed by atoms with E-state index in [-0.39, 0.29) is 4.90 Å². The van der Waals surface area contributed by atoms with Gasteiger partial charge in [-0.15, -0.1) is 0 Å². The lowest BCUT2D eigenvalue weighted by Crippen LogP contribution is -2.26. The molecular formula is C16H19NO4S. The zero-order valence-electron chi connectivity index (χ0n) is 12.6. The number of benzene rings is 2. The Morgan fingerprint density at radius 3 is 2.27 bits per heavy atom. The number of ether oxygens (including phenoxy) is 2. The number of nitrogens with one attached hydrogen (secondary N) is 1. The first-order valence-electron chi connectivity index (χ1n) is 6.82. The molecule has 0 spiro atoms. The lowest BCUT2D eigenvalue weighted by molar-refractivity contribution is 0.402. The van der Waals surface area contributed by atoms with E-state index >= 15 is 0 Å². The third kappa shape index (κ3) is 3.99. The van der Waals surface area contributed by atoms with E-state index in [0.717, 1.165) is 11.3 Å². The molecule has 0 aromatic heterocycles. The summed E-state index contributed by atoms with van der Waals surface area (Å²) in [6, 6.07) is 14.1. The zero-order chi connectivity index (χ0) is 16.0. The number of rotatable bonds is 7. The van der Waals surface area contributed by atoms with Crippen LogP contribution < -0.4 is 14.2 Å². The standard InChI is InChI=1S/C16H19NO4S/c1-20-14-9-7-13(8-10-14)11-12-17-22(18,19)16-6-4-3-5-15(16)21-2/h3-10,17H,11-12H2,1-2H3. The maximum absolute atomic E-state index is 12.3. The number of hydrogen-bond acceptors (Lipinski definition) is 4. The first-order valence-corrected chi connectivity index (χ1v) is 8.31. The molecule has 6 heteroatoms. The minimum Gasteiger partial charge on any atom is -0.497 e. The Hall–Kier alpha value is -2.05. The van der Waals surface area contributed by atoms with Gasteiger partial charge in [-0.05, 0) is 36.2 Å². The summed E-state index contributed by atoms with van der Waals surface area (Å²) in [5, 5.41) is 0. The lowest BCUT2D eigenvalue weighted by Gasteiger charge is -2.10. The maximum atomic E-state index is 12.3. The second-order valence-electron chi connectivity index (χ2n) is 4.65. The van der Waals surface area contributed by atoms with Gasteiger partial charge in [0.05, 0.1) is 14.2 Å². The molecule has 1 N–H and O–H groups in total. The summed E-state index contributed by atoms with van der Waals surface area (Å²) in [6.45, 7) is 0.312. The van der Waals surface area contributed by atoms with Gasteiger partial charge in [0.2, 0.25) is 10.0 Å². The van der Waals surface area contributed by atoms with Crippen molar-refractivity contribution in [3.8, 4) is 11.5 Å². The predicted octanol–water partition coefficient (Wildman–Crippen LogP) is 2.22. The monoisotopic (exact) mass is 321 g/mol. The van der Waals surface area contributed by atoms with Crippen LogP contribution in [0.15, 0.2) is 53.4 Å². The Labute approximate surface area is 130 Å². The number of sulfonamides is 1. The second-order valence-corrected chi connectivity index (χ2v) is 6.38. The molecule has 0 aliphatic carbocycles. The summed E-state index contributed by atoms with van der Waals surface area (Å²) in [5.74, 6) is 1.11. The SMILES string of the molecule is COc1ccc(CCNS(=O)(=O)c2ccccc2OC)cc1. The van der Waals surface area contributed by atoms with E-state index in [1.807, 2.05) is 24.3 Å². The third-order valence-electron chi connectivity index (χ3n) is 3.22. The smallest absolute Gasteiger partial charge is 0.244 e. The average Bonchev–Trinajstić information content (AvgIpc) is 2.55. The van der Waals surface area contributed by atoms with Gasteiger partial charge in [0, 0.05) is 6.54 Å². The van der Waals surface area contributed by atoms with Crippen LogP contribution in [0, 0.1) is 0 Å². The van der Waals surface area contributed by atoms with Crippen LogP contribution in [-0.4, -0.2) is 29.2 Å². The van der Waals surface area contributed by atoms with Crippen LogP contribution >= 0.6 is 0 Å². The third-order valence-corrected chi connectivity index (χ3v) is 4.72. The van der Waals surface area contributed by atoms with Crippen molar-refractivity contribution in [2.45, 2.75) is 11.3 Å². The fourth-order valence-corrected chi connectivity index (χ4v) is 3.24. The summed E-state index contributed by atoms with van der Waals surface area (Å²) >= 11 is 0. The van der Waals surface area contributed by atoms with Gasteiger partial charge in [-0.3, -0.25) is 0 Å². The first kappa shape index (κ1) is 16.3. The first-order chi connectivity index (χ1) is 10.6. The van der Waals surface area contributed by atoms with Crippen LogP contribution in [0.3, 0.4) is 0 Å². The fraction of sp³-hybridized carbons (Fsp3) is 0.250. The number of para-hydroxylation sites is 1. The Kier molecular flexibility index (Phi) is 5.41. The van der Waals surface area contributed by atoms with Gasteiger partial charge in [-0.2, -0.15) is 0 Å². The number of hydrogen-bond donors (Lipinski definition) is 1. The molecule has 5 nitrogen and oxygen atoms in total. The Morgan fingerprint density at radius 2 is 1.64 bits per heavy atom. The van der Waals surface area contributed by atoms with Crippen LogP contribution in [0.2, 0.25) is 0 Å². The van der Waals surface area contributed by atoms with Gasteiger partial charge in [0.25, 0.3) is 0 Å². The average molecular weight is 321 g/mol. The van der Waals surface area contributed by atoms with E-state index in [9.17, 15) is 8.42 Å². The molecule has 0 saturated carbocycles. The van der Waals surface area contributed by atoms with Crippen molar-refractivity contribution in [3.05, 3.63) is 54.1 Å². The van der Waals surface area contributed by atoms with Crippen molar-refractivity contribution < 1.29 is 17.9 Å². The van der Waals surface area contributed by atoms with Gasteiger partial charge in [-0.25, -0.2) is 13.1 Å². The van der Waals surface area contributed by atoms with E-state index in [1.54, 1.807) is 25.3 Å². The molecule has 0 heterocycles. The fourth-order valence-electron chi connectivity index (χ4n) is 2.04. The van der Waals surface area contributed by atoms with Crippen molar-refractivity contribution in [1.82, 2.24) is 4.72 Å². The molecule has 0 amide bonds. The molecule has 0 unspecified atom stereocenters. The molecule has 0 atom stereocenters. The highest BCUT2D eigenvalue weighted by atomic mass is 32.2. The zero-order valence-corrected chi connectivity index (χ0v) is 13.4. The van der Waals surface area contributed by atoms with E-state index in [1.165, 1.54) is 13.2 Å². The molecule has 0 saturated heterocycles. The molecule has 2 aromatic carbocycles. The van der Waals surface area contributed by atoms with Gasteiger partial charge >= 0.3 is 0 Å². The second kappa shape index (κ2) is 7.29. The minimum atomic E-state index is -3.59. The van der Waals surface area contributed by atoms with Crippen molar-refractivity contribution in [2.75, 3.05) is 20.8 Å². The Morgan fingerprint density at radius 1 is 0.955 bits per heavy atom. The largest absolute Gasteiger partial charge is 0.497 e. The molecule has 118 valence electrons. The highest BCUT2D eigenvalue weighted by molar-refractivity contribution is 7.89. The van der Waals surface area contributed by atoms with Gasteiger partial charge in [-0.1, -0.05) is 24.3 Å². The lowest BCUT2D eigenvalue weighted by atomic mass is 10.1. The highest BCUT2D eigenvalue weighted by Crippen LogP contribution is 2.22. The van der Waals surface area contributed by atoms with Crippen molar-refractivity contribution >= 4 is 10.0 Å². The van der Waals surface area contributed by atoms with Crippen molar-refractivity contribution in [1.29, 1.82) is 0 Å². The molecule has 2 aromatic rings. The summed E-state index contributed by atoms with van der Waals surface area (Å²) in [4.78, 5) is 0.146. The Balaban J connectivity index is 2.00. The summed E-state index contributed by atoms with van der Waals surface area (Å²) in [5.41, 5.74) is 1.03. The molecule has 0 fully saturated rings. The Bertz CT molecular complexity index is 711. The van der Waals surface area contributed by atoms with Crippen LogP contribution in [0.5, 0.6) is 11.5 Å². The molecular weight excluding hydrogens is 302 g/mol. The molecule has 2 rings (SSSR count). The topological polar surface area (TPSA) is 64.6 Å². The molecule has 0 aliphatic heterocycles. The summed E-state index contributed by atoms with van der Waals surface area (Å²) in [6.07, 6.45) is 0.596. The molecule has 22 heavy (non-hydrogen) atoms. The van der Waals surface area contributed by atoms with E-state index < -0.39 is 10.0 Å². The van der Waals surface area contributed by atoms with E-state index in [0.29, 0.717) is 18.7 Å². The molecule has 0 bridgehead atoms. The van der Waals surface area contributed by atoms with Gasteiger partial charge in [0.15, 0.2) is 0 Å². The van der Waals surface area contributed by atoms with E-state index in [2.05, 4.69) is 4.72 Å². The summed E-state index contributed by atoms with van der Waals surface area (Å²) < 4.78 is 37.3. The number of methoxy groups -OCH3 is 2. The van der Waals surface area contributed by atoms with Gasteiger partial charge < -0.3 is 9.47 Å². The quantitative estimate of drug-likeness (QED) is 0.849. The highest BCUT2D eigenvalue weighted by Gasteiger charge is 2.18. The minimum absolute atomic E-state index is 0.146. The van der Waals surface area contributed by atoms with Crippen molar-refractivity contribution in [2.24, 2.45) is 0 Å². The normalized spacial score (nSPS) is 11.2. The molecule has 0 aliphatic rings. The van der Waals surface area contributed by atoms with Gasteiger partial charge in [0.1, 0.15) is 16.4 Å².